The number of aromatic nitrogens is 2. The second kappa shape index (κ2) is 8.64. The van der Waals surface area contributed by atoms with Crippen molar-refractivity contribution in [3.63, 3.8) is 0 Å². The van der Waals surface area contributed by atoms with Gasteiger partial charge in [0, 0.05) is 18.8 Å². The van der Waals surface area contributed by atoms with Crippen LogP contribution in [-0.4, -0.2) is 40.6 Å². The van der Waals surface area contributed by atoms with Crippen molar-refractivity contribution in [3.8, 4) is 0 Å². The van der Waals surface area contributed by atoms with E-state index >= 15 is 0 Å². The molecule has 0 saturated carbocycles. The molecule has 28 heavy (non-hydrogen) atoms. The van der Waals surface area contributed by atoms with E-state index in [0.29, 0.717) is 23.0 Å². The first kappa shape index (κ1) is 19.5. The number of nitro groups is 1. The van der Waals surface area contributed by atoms with Crippen LogP contribution >= 0.6 is 0 Å². The molecule has 0 spiro atoms. The molecular weight excluding hydrogens is 362 g/mol. The zero-order chi connectivity index (χ0) is 20.1. The molecule has 0 radical (unpaired) electrons. The summed E-state index contributed by atoms with van der Waals surface area (Å²) in [4.78, 5) is 33.4. The van der Waals surface area contributed by atoms with Crippen LogP contribution < -0.4 is 10.2 Å². The largest absolute Gasteiger partial charge is 0.462 e. The van der Waals surface area contributed by atoms with Gasteiger partial charge in [-0.05, 0) is 43.9 Å². The molecule has 1 aliphatic heterocycles. The summed E-state index contributed by atoms with van der Waals surface area (Å²) in [5.74, 6) is 0.553. The minimum Gasteiger partial charge on any atom is -0.462 e. The first-order valence-electron chi connectivity index (χ1n) is 9.28. The third-order valence-electron chi connectivity index (χ3n) is 4.71. The van der Waals surface area contributed by atoms with Crippen molar-refractivity contribution in [2.24, 2.45) is 5.92 Å². The Morgan fingerprint density at radius 2 is 2.11 bits per heavy atom. The Hall–Kier alpha value is -3.23. The molecule has 1 saturated heterocycles. The maximum Gasteiger partial charge on any atom is 0.353 e. The fraction of sp³-hybridized carbons (Fsp3) is 0.421. The van der Waals surface area contributed by atoms with Gasteiger partial charge < -0.3 is 15.0 Å². The van der Waals surface area contributed by atoms with Crippen LogP contribution in [0.2, 0.25) is 0 Å². The van der Waals surface area contributed by atoms with Crippen molar-refractivity contribution in [2.45, 2.75) is 26.7 Å². The normalized spacial score (nSPS) is 14.6. The second-order valence-corrected chi connectivity index (χ2v) is 6.75. The first-order valence-corrected chi connectivity index (χ1v) is 9.28. The van der Waals surface area contributed by atoms with Crippen LogP contribution in [0.1, 0.15) is 37.0 Å². The topological polar surface area (TPSA) is 110 Å². The SMILES string of the molecule is CCOC(=O)c1cccc(Nc2ncnc(N3CCC(C)CC3)c2[N+](=O)[O-])c1. The molecule has 0 unspecified atom stereocenters. The van der Waals surface area contributed by atoms with E-state index in [9.17, 15) is 14.9 Å². The van der Waals surface area contributed by atoms with Crippen molar-refractivity contribution >= 4 is 29.0 Å². The molecule has 0 amide bonds. The van der Waals surface area contributed by atoms with Crippen LogP contribution in [0.5, 0.6) is 0 Å². The molecule has 9 nitrogen and oxygen atoms in total. The summed E-state index contributed by atoms with van der Waals surface area (Å²) < 4.78 is 4.99. The lowest BCUT2D eigenvalue weighted by Crippen LogP contribution is -2.34. The fourth-order valence-electron chi connectivity index (χ4n) is 3.16. The van der Waals surface area contributed by atoms with Gasteiger partial charge in [-0.2, -0.15) is 0 Å². The van der Waals surface area contributed by atoms with Gasteiger partial charge in [0.15, 0.2) is 0 Å². The summed E-state index contributed by atoms with van der Waals surface area (Å²) in [6.07, 6.45) is 3.24. The molecule has 0 aliphatic carbocycles. The standard InChI is InChI=1S/C19H23N5O4/c1-3-28-19(25)14-5-4-6-15(11-14)22-17-16(24(26)27)18(21-12-20-17)23-9-7-13(2)8-10-23/h4-6,11-13H,3,7-10H2,1-2H3,(H,20,21,22). The number of anilines is 3. The predicted octanol–water partition coefficient (Wildman–Crippen LogP) is 3.54. The Labute approximate surface area is 162 Å². The summed E-state index contributed by atoms with van der Waals surface area (Å²) in [7, 11) is 0. The second-order valence-electron chi connectivity index (χ2n) is 6.75. The van der Waals surface area contributed by atoms with Crippen molar-refractivity contribution in [2.75, 3.05) is 29.9 Å². The number of carbonyl (C=O) groups is 1. The number of carbonyl (C=O) groups excluding carboxylic acids is 1. The van der Waals surface area contributed by atoms with Crippen molar-refractivity contribution in [1.82, 2.24) is 9.97 Å². The summed E-state index contributed by atoms with van der Waals surface area (Å²) in [6.45, 7) is 5.61. The van der Waals surface area contributed by atoms with Gasteiger partial charge in [-0.15, -0.1) is 0 Å². The van der Waals surface area contributed by atoms with E-state index in [2.05, 4.69) is 22.2 Å². The Morgan fingerprint density at radius 3 is 2.79 bits per heavy atom. The van der Waals surface area contributed by atoms with Gasteiger partial charge in [0.05, 0.1) is 17.1 Å². The number of nitrogens with one attached hydrogen (secondary N) is 1. The van der Waals surface area contributed by atoms with Crippen LogP contribution in [0.3, 0.4) is 0 Å². The molecular formula is C19H23N5O4. The number of ether oxygens (including phenoxy) is 1. The van der Waals surface area contributed by atoms with Gasteiger partial charge in [-0.3, -0.25) is 10.1 Å². The summed E-state index contributed by atoms with van der Waals surface area (Å²) in [5.41, 5.74) is 0.693. The highest BCUT2D eigenvalue weighted by Crippen LogP contribution is 2.35. The molecule has 1 aromatic heterocycles. The Kier molecular flexibility index (Phi) is 6.03. The molecule has 1 fully saturated rings. The van der Waals surface area contributed by atoms with Crippen molar-refractivity contribution in [1.29, 1.82) is 0 Å². The number of rotatable bonds is 6. The van der Waals surface area contributed by atoms with E-state index in [4.69, 9.17) is 4.74 Å². The smallest absolute Gasteiger partial charge is 0.353 e. The van der Waals surface area contributed by atoms with E-state index in [1.54, 1.807) is 31.2 Å². The maximum atomic E-state index is 11.9. The van der Waals surface area contributed by atoms with Gasteiger partial charge in [0.1, 0.15) is 6.33 Å². The molecule has 9 heteroatoms. The minimum atomic E-state index is -0.467. The van der Waals surface area contributed by atoms with Crippen molar-refractivity contribution < 1.29 is 14.5 Å². The van der Waals surface area contributed by atoms with Crippen molar-refractivity contribution in [3.05, 3.63) is 46.3 Å². The number of hydrogen-bond donors (Lipinski definition) is 1. The molecule has 1 aromatic carbocycles. The summed E-state index contributed by atoms with van der Waals surface area (Å²) in [5, 5.41) is 14.7. The molecule has 2 heterocycles. The minimum absolute atomic E-state index is 0.0923. The van der Waals surface area contributed by atoms with E-state index < -0.39 is 10.9 Å². The summed E-state index contributed by atoms with van der Waals surface area (Å²) in [6, 6.07) is 6.58. The van der Waals surface area contributed by atoms with E-state index in [1.807, 2.05) is 4.90 Å². The third-order valence-corrected chi connectivity index (χ3v) is 4.71. The zero-order valence-corrected chi connectivity index (χ0v) is 15.9. The van der Waals surface area contributed by atoms with E-state index in [0.717, 1.165) is 25.9 Å². The van der Waals surface area contributed by atoms with Gasteiger partial charge in [-0.25, -0.2) is 14.8 Å². The monoisotopic (exact) mass is 385 g/mol. The van der Waals surface area contributed by atoms with Gasteiger partial charge in [0.25, 0.3) is 0 Å². The van der Waals surface area contributed by atoms with Crippen LogP contribution in [0, 0.1) is 16.0 Å². The lowest BCUT2D eigenvalue weighted by molar-refractivity contribution is -0.383. The van der Waals surface area contributed by atoms with Gasteiger partial charge >= 0.3 is 11.7 Å². The average molecular weight is 385 g/mol. The highest BCUT2D eigenvalue weighted by molar-refractivity contribution is 5.91. The number of esters is 1. The molecule has 0 atom stereocenters. The van der Waals surface area contributed by atoms with Gasteiger partial charge in [-0.1, -0.05) is 13.0 Å². The first-order chi connectivity index (χ1) is 13.5. The zero-order valence-electron chi connectivity index (χ0n) is 15.9. The third kappa shape index (κ3) is 4.36. The van der Waals surface area contributed by atoms with Crippen LogP contribution in [0.15, 0.2) is 30.6 Å². The lowest BCUT2D eigenvalue weighted by atomic mass is 9.99. The highest BCUT2D eigenvalue weighted by atomic mass is 16.6. The Bertz CT molecular complexity index is 865. The van der Waals surface area contributed by atoms with E-state index in [1.165, 1.54) is 6.33 Å². The van der Waals surface area contributed by atoms with Crippen LogP contribution in [-0.2, 0) is 4.74 Å². The van der Waals surface area contributed by atoms with Gasteiger partial charge in [0.2, 0.25) is 11.6 Å². The molecule has 0 bridgehead atoms. The Morgan fingerprint density at radius 1 is 1.36 bits per heavy atom. The summed E-state index contributed by atoms with van der Waals surface area (Å²) >= 11 is 0. The lowest BCUT2D eigenvalue weighted by Gasteiger charge is -2.30. The molecule has 148 valence electrons. The maximum absolute atomic E-state index is 11.9. The predicted molar refractivity (Wildman–Crippen MR) is 105 cm³/mol. The highest BCUT2D eigenvalue weighted by Gasteiger charge is 2.29. The average Bonchev–Trinajstić information content (AvgIpc) is 2.68. The number of piperidine rings is 1. The molecule has 3 rings (SSSR count). The van der Waals surface area contributed by atoms with E-state index in [-0.39, 0.29) is 18.1 Å². The van der Waals surface area contributed by atoms with Crippen LogP contribution in [0.4, 0.5) is 23.0 Å². The fourth-order valence-corrected chi connectivity index (χ4v) is 3.16. The Balaban J connectivity index is 1.90. The molecule has 1 N–H and O–H groups in total. The number of hydrogen-bond acceptors (Lipinski definition) is 8. The number of nitrogens with zero attached hydrogens (tertiary/aromatic N) is 4. The number of benzene rings is 1. The quantitative estimate of drug-likeness (QED) is 0.457. The molecule has 1 aliphatic rings. The van der Waals surface area contributed by atoms with Crippen LogP contribution in [0.25, 0.3) is 0 Å². The molecule has 2 aromatic rings.